The maximum atomic E-state index is 13.2. The lowest BCUT2D eigenvalue weighted by atomic mass is 10.0. The first kappa shape index (κ1) is 14.7. The summed E-state index contributed by atoms with van der Waals surface area (Å²) < 4.78 is 52.4. The Balaban J connectivity index is 2.28. The number of halogens is 5. The minimum absolute atomic E-state index is 0.249. The van der Waals surface area contributed by atoms with Gasteiger partial charge in [0.05, 0.1) is 0 Å². The van der Waals surface area contributed by atoms with E-state index >= 15 is 0 Å². The van der Waals surface area contributed by atoms with Crippen LogP contribution in [-0.4, -0.2) is 5.78 Å². The van der Waals surface area contributed by atoms with Crippen molar-refractivity contribution in [3.05, 3.63) is 69.2 Å². The zero-order valence-electron chi connectivity index (χ0n) is 9.89. The van der Waals surface area contributed by atoms with Gasteiger partial charge in [0.2, 0.25) is 0 Å². The van der Waals surface area contributed by atoms with Gasteiger partial charge in [0.15, 0.2) is 23.2 Å². The van der Waals surface area contributed by atoms with Gasteiger partial charge >= 0.3 is 0 Å². The van der Waals surface area contributed by atoms with Crippen LogP contribution in [0.2, 0.25) is 0 Å². The molecule has 0 spiro atoms. The Hall–Kier alpha value is -1.69. The number of ketones is 1. The predicted octanol–water partition coefficient (Wildman–Crippen LogP) is 4.43. The molecular weight excluding hydrogens is 340 g/mol. The van der Waals surface area contributed by atoms with Crippen molar-refractivity contribution in [1.29, 1.82) is 0 Å². The standard InChI is InChI=1S/C14H7BrF4O/c15-9-1-7(2-10(16)6-9)3-13(20)8-4-11(17)14(19)12(18)5-8/h1-2,4-6H,3H2. The van der Waals surface area contributed by atoms with E-state index in [9.17, 15) is 22.4 Å². The zero-order valence-corrected chi connectivity index (χ0v) is 11.5. The highest BCUT2D eigenvalue weighted by atomic mass is 79.9. The van der Waals surface area contributed by atoms with Crippen molar-refractivity contribution in [2.45, 2.75) is 6.42 Å². The van der Waals surface area contributed by atoms with Gasteiger partial charge < -0.3 is 0 Å². The Morgan fingerprint density at radius 1 is 0.950 bits per heavy atom. The summed E-state index contributed by atoms with van der Waals surface area (Å²) in [6, 6.07) is 5.10. The monoisotopic (exact) mass is 346 g/mol. The molecule has 6 heteroatoms. The van der Waals surface area contributed by atoms with Crippen LogP contribution >= 0.6 is 15.9 Å². The van der Waals surface area contributed by atoms with Crippen LogP contribution in [0.1, 0.15) is 15.9 Å². The molecule has 0 saturated heterocycles. The number of carbonyl (C=O) groups excluding carboxylic acids is 1. The lowest BCUT2D eigenvalue weighted by molar-refractivity contribution is 0.0992. The smallest absolute Gasteiger partial charge is 0.194 e. The first-order valence-corrected chi connectivity index (χ1v) is 6.29. The lowest BCUT2D eigenvalue weighted by Gasteiger charge is -2.04. The van der Waals surface area contributed by atoms with Gasteiger partial charge in [-0.25, -0.2) is 17.6 Å². The zero-order chi connectivity index (χ0) is 14.9. The minimum atomic E-state index is -1.63. The molecule has 0 radical (unpaired) electrons. The molecule has 0 heterocycles. The molecule has 0 unspecified atom stereocenters. The maximum Gasteiger partial charge on any atom is 0.194 e. The lowest BCUT2D eigenvalue weighted by Crippen LogP contribution is -2.06. The molecule has 0 atom stereocenters. The third-order valence-corrected chi connectivity index (χ3v) is 3.05. The highest BCUT2D eigenvalue weighted by Crippen LogP contribution is 2.18. The quantitative estimate of drug-likeness (QED) is 0.456. The molecular formula is C14H7BrF4O. The third-order valence-electron chi connectivity index (χ3n) is 2.59. The molecule has 2 aromatic carbocycles. The molecule has 1 nitrogen and oxygen atoms in total. The molecule has 0 N–H and O–H groups in total. The summed E-state index contributed by atoms with van der Waals surface area (Å²) in [5, 5.41) is 0. The summed E-state index contributed by atoms with van der Waals surface area (Å²) in [6.07, 6.45) is -0.249. The molecule has 0 aliphatic carbocycles. The number of benzene rings is 2. The molecule has 0 bridgehead atoms. The highest BCUT2D eigenvalue weighted by Gasteiger charge is 2.15. The summed E-state index contributed by atoms with van der Waals surface area (Å²) in [4.78, 5) is 11.9. The van der Waals surface area contributed by atoms with Gasteiger partial charge in [0.25, 0.3) is 0 Å². The van der Waals surface area contributed by atoms with Gasteiger partial charge in [-0.2, -0.15) is 0 Å². The Morgan fingerprint density at radius 3 is 2.10 bits per heavy atom. The van der Waals surface area contributed by atoms with Crippen molar-refractivity contribution in [2.24, 2.45) is 0 Å². The van der Waals surface area contributed by atoms with Crippen molar-refractivity contribution < 1.29 is 22.4 Å². The molecule has 0 fully saturated rings. The van der Waals surface area contributed by atoms with E-state index in [-0.39, 0.29) is 12.0 Å². The molecule has 2 rings (SSSR count). The fraction of sp³-hybridized carbons (Fsp3) is 0.0714. The molecule has 0 aliphatic rings. The SMILES string of the molecule is O=C(Cc1cc(F)cc(Br)c1)c1cc(F)c(F)c(F)c1. The third kappa shape index (κ3) is 3.25. The van der Waals surface area contributed by atoms with Crippen LogP contribution < -0.4 is 0 Å². The number of rotatable bonds is 3. The van der Waals surface area contributed by atoms with E-state index < -0.39 is 29.1 Å². The molecule has 0 amide bonds. The molecule has 104 valence electrons. The summed E-state index contributed by atoms with van der Waals surface area (Å²) in [7, 11) is 0. The average Bonchev–Trinajstić information content (AvgIpc) is 2.33. The Labute approximate surface area is 120 Å². The fourth-order valence-corrected chi connectivity index (χ4v) is 2.23. The minimum Gasteiger partial charge on any atom is -0.294 e. The van der Waals surface area contributed by atoms with Gasteiger partial charge in [-0.05, 0) is 35.9 Å². The normalized spacial score (nSPS) is 10.7. The summed E-state index contributed by atoms with van der Waals surface area (Å²) in [5.74, 6) is -5.68. The molecule has 0 saturated carbocycles. The van der Waals surface area contributed by atoms with Crippen molar-refractivity contribution in [3.63, 3.8) is 0 Å². The number of Topliss-reactive ketones (excluding diaryl/α,β-unsaturated/α-hetero) is 1. The van der Waals surface area contributed by atoms with Crippen LogP contribution in [0.25, 0.3) is 0 Å². The van der Waals surface area contributed by atoms with Crippen molar-refractivity contribution in [1.82, 2.24) is 0 Å². The molecule has 0 aliphatic heterocycles. The van der Waals surface area contributed by atoms with Crippen LogP contribution in [0.4, 0.5) is 17.6 Å². The first-order chi connectivity index (χ1) is 9.36. The van der Waals surface area contributed by atoms with Gasteiger partial charge in [-0.15, -0.1) is 0 Å². The van der Waals surface area contributed by atoms with E-state index in [0.717, 1.165) is 6.07 Å². The highest BCUT2D eigenvalue weighted by molar-refractivity contribution is 9.10. The van der Waals surface area contributed by atoms with E-state index in [2.05, 4.69) is 15.9 Å². The van der Waals surface area contributed by atoms with Gasteiger partial charge in [0, 0.05) is 16.5 Å². The van der Waals surface area contributed by atoms with Crippen LogP contribution in [0.5, 0.6) is 0 Å². The van der Waals surface area contributed by atoms with E-state index in [1.807, 2.05) is 0 Å². The topological polar surface area (TPSA) is 17.1 Å². The number of carbonyl (C=O) groups is 1. The second-order valence-electron chi connectivity index (χ2n) is 4.13. The van der Waals surface area contributed by atoms with Crippen molar-refractivity contribution in [3.8, 4) is 0 Å². The molecule has 20 heavy (non-hydrogen) atoms. The van der Waals surface area contributed by atoms with Crippen LogP contribution in [-0.2, 0) is 6.42 Å². The summed E-state index contributed by atoms with van der Waals surface area (Å²) in [5.41, 5.74) is 0.0359. The first-order valence-electron chi connectivity index (χ1n) is 5.49. The van der Waals surface area contributed by atoms with Crippen LogP contribution in [0.15, 0.2) is 34.8 Å². The van der Waals surface area contributed by atoms with E-state index in [0.29, 0.717) is 22.2 Å². The largest absolute Gasteiger partial charge is 0.294 e. The fourth-order valence-electron chi connectivity index (χ4n) is 1.72. The Bertz CT molecular complexity index is 642. The Kier molecular flexibility index (Phi) is 4.23. The van der Waals surface area contributed by atoms with Crippen molar-refractivity contribution in [2.75, 3.05) is 0 Å². The second-order valence-corrected chi connectivity index (χ2v) is 5.05. The maximum absolute atomic E-state index is 13.2. The van der Waals surface area contributed by atoms with Gasteiger partial charge in [-0.3, -0.25) is 4.79 Å². The van der Waals surface area contributed by atoms with E-state index in [1.165, 1.54) is 12.1 Å². The van der Waals surface area contributed by atoms with Crippen LogP contribution in [0.3, 0.4) is 0 Å². The average molecular weight is 347 g/mol. The van der Waals surface area contributed by atoms with Crippen LogP contribution in [0, 0.1) is 23.3 Å². The molecule has 0 aromatic heterocycles. The Morgan fingerprint density at radius 2 is 1.55 bits per heavy atom. The second kappa shape index (κ2) is 5.75. The number of hydrogen-bond donors (Lipinski definition) is 0. The summed E-state index contributed by atoms with van der Waals surface area (Å²) in [6.45, 7) is 0. The van der Waals surface area contributed by atoms with E-state index in [1.54, 1.807) is 0 Å². The number of hydrogen-bond acceptors (Lipinski definition) is 1. The van der Waals surface area contributed by atoms with Gasteiger partial charge in [-0.1, -0.05) is 15.9 Å². The van der Waals surface area contributed by atoms with Gasteiger partial charge in [0.1, 0.15) is 5.82 Å². The summed E-state index contributed by atoms with van der Waals surface area (Å²) >= 11 is 3.07. The van der Waals surface area contributed by atoms with Crippen molar-refractivity contribution >= 4 is 21.7 Å². The predicted molar refractivity (Wildman–Crippen MR) is 68.5 cm³/mol. The van der Waals surface area contributed by atoms with E-state index in [4.69, 9.17) is 0 Å². The molecule has 2 aromatic rings.